The number of para-hydroxylation sites is 1. The van der Waals surface area contributed by atoms with Crippen molar-refractivity contribution in [3.8, 4) is 22.7 Å². The highest BCUT2D eigenvalue weighted by molar-refractivity contribution is 5.70. The van der Waals surface area contributed by atoms with E-state index in [2.05, 4.69) is 27.4 Å². The molecule has 4 N–H and O–H groups in total. The van der Waals surface area contributed by atoms with E-state index < -0.39 is 0 Å². The Balaban J connectivity index is 1.65. The Morgan fingerprint density at radius 2 is 2.00 bits per heavy atom. The number of nitrogen functional groups attached to an aromatic ring is 1. The number of nitrogens with two attached hydrogens (primary N) is 1. The number of aromatic hydroxyl groups is 1. The van der Waals surface area contributed by atoms with E-state index in [1.807, 2.05) is 22.9 Å². The lowest BCUT2D eigenvalue weighted by Crippen LogP contribution is -2.30. The Hall–Kier alpha value is -2.93. The van der Waals surface area contributed by atoms with Crippen LogP contribution in [0.2, 0.25) is 0 Å². The van der Waals surface area contributed by atoms with Crippen LogP contribution in [-0.4, -0.2) is 37.9 Å². The molecule has 1 fully saturated rings. The quantitative estimate of drug-likeness (QED) is 0.658. The molecule has 0 amide bonds. The SMILES string of the molecule is CC(c1cn(-c2cc(-c3ccccc3O)nnc2N)cn1)C1CCNCC1. The third-order valence-corrected chi connectivity index (χ3v) is 5.42. The average molecular weight is 364 g/mol. The maximum absolute atomic E-state index is 10.1. The summed E-state index contributed by atoms with van der Waals surface area (Å²) in [4.78, 5) is 4.62. The average Bonchev–Trinajstić information content (AvgIpc) is 3.19. The van der Waals surface area contributed by atoms with Crippen LogP contribution in [0.5, 0.6) is 5.75 Å². The van der Waals surface area contributed by atoms with Gasteiger partial charge in [-0.15, -0.1) is 10.2 Å². The third kappa shape index (κ3) is 3.50. The van der Waals surface area contributed by atoms with Gasteiger partial charge in [0, 0.05) is 17.7 Å². The Bertz CT molecular complexity index is 932. The highest BCUT2D eigenvalue weighted by Gasteiger charge is 2.23. The number of phenols is 1. The van der Waals surface area contributed by atoms with E-state index >= 15 is 0 Å². The molecule has 0 radical (unpaired) electrons. The second-order valence-electron chi connectivity index (χ2n) is 7.10. The number of piperidine rings is 1. The van der Waals surface area contributed by atoms with Crippen molar-refractivity contribution in [2.75, 3.05) is 18.8 Å². The molecule has 3 aromatic rings. The molecule has 1 saturated heterocycles. The van der Waals surface area contributed by atoms with Crippen LogP contribution >= 0.6 is 0 Å². The van der Waals surface area contributed by atoms with E-state index in [9.17, 15) is 5.11 Å². The van der Waals surface area contributed by atoms with E-state index in [0.29, 0.717) is 34.6 Å². The van der Waals surface area contributed by atoms with E-state index in [-0.39, 0.29) is 5.75 Å². The second-order valence-corrected chi connectivity index (χ2v) is 7.10. The maximum atomic E-state index is 10.1. The van der Waals surface area contributed by atoms with E-state index in [1.165, 1.54) is 12.8 Å². The number of nitrogens with one attached hydrogen (secondary N) is 1. The number of imidazole rings is 1. The van der Waals surface area contributed by atoms with Crippen molar-refractivity contribution < 1.29 is 5.11 Å². The Labute approximate surface area is 158 Å². The third-order valence-electron chi connectivity index (χ3n) is 5.42. The van der Waals surface area contributed by atoms with Crippen molar-refractivity contribution in [1.29, 1.82) is 0 Å². The first-order valence-corrected chi connectivity index (χ1v) is 9.30. The van der Waals surface area contributed by atoms with E-state index in [1.54, 1.807) is 24.5 Å². The summed E-state index contributed by atoms with van der Waals surface area (Å²) in [6, 6.07) is 8.89. The number of rotatable bonds is 4. The van der Waals surface area contributed by atoms with Gasteiger partial charge >= 0.3 is 0 Å². The van der Waals surface area contributed by atoms with Crippen LogP contribution < -0.4 is 11.1 Å². The van der Waals surface area contributed by atoms with E-state index in [4.69, 9.17) is 5.73 Å². The number of hydrogen-bond donors (Lipinski definition) is 3. The molecule has 1 atom stereocenters. The summed E-state index contributed by atoms with van der Waals surface area (Å²) in [7, 11) is 0. The number of benzene rings is 1. The molecule has 1 aromatic carbocycles. The molecule has 1 aliphatic heterocycles. The van der Waals surface area contributed by atoms with E-state index in [0.717, 1.165) is 18.8 Å². The molecule has 0 spiro atoms. The summed E-state index contributed by atoms with van der Waals surface area (Å²) < 4.78 is 1.89. The molecule has 27 heavy (non-hydrogen) atoms. The Kier molecular flexibility index (Phi) is 4.77. The summed E-state index contributed by atoms with van der Waals surface area (Å²) >= 11 is 0. The van der Waals surface area contributed by atoms with Gasteiger partial charge in [-0.2, -0.15) is 0 Å². The van der Waals surface area contributed by atoms with Crippen LogP contribution in [0.4, 0.5) is 5.82 Å². The van der Waals surface area contributed by atoms with Gasteiger partial charge in [-0.05, 0) is 50.0 Å². The minimum absolute atomic E-state index is 0.161. The molecule has 1 unspecified atom stereocenters. The molecule has 0 bridgehead atoms. The molecule has 7 heteroatoms. The Morgan fingerprint density at radius 3 is 2.78 bits per heavy atom. The number of aromatic nitrogens is 4. The molecular weight excluding hydrogens is 340 g/mol. The van der Waals surface area contributed by atoms with Crippen LogP contribution in [0, 0.1) is 5.92 Å². The van der Waals surface area contributed by atoms with Crippen molar-refractivity contribution in [3.05, 3.63) is 48.5 Å². The molecule has 7 nitrogen and oxygen atoms in total. The zero-order valence-electron chi connectivity index (χ0n) is 15.3. The van der Waals surface area contributed by atoms with Gasteiger partial charge in [-0.3, -0.25) is 0 Å². The van der Waals surface area contributed by atoms with Crippen LogP contribution in [0.3, 0.4) is 0 Å². The standard InChI is InChI=1S/C20H24N6O/c1-13(14-6-8-22-9-7-14)17-11-26(12-23-17)18-10-16(24-25-20(18)21)15-4-2-3-5-19(15)27/h2-5,10-14,22,27H,6-9H2,1H3,(H2,21,25). The first kappa shape index (κ1) is 17.5. The fourth-order valence-corrected chi connectivity index (χ4v) is 3.71. The predicted molar refractivity (Wildman–Crippen MR) is 105 cm³/mol. The van der Waals surface area contributed by atoms with Gasteiger partial charge in [0.1, 0.15) is 5.75 Å². The summed E-state index contributed by atoms with van der Waals surface area (Å²) in [6.45, 7) is 4.38. The minimum atomic E-state index is 0.161. The smallest absolute Gasteiger partial charge is 0.170 e. The van der Waals surface area contributed by atoms with Gasteiger partial charge in [0.15, 0.2) is 5.82 Å². The number of phenolic OH excluding ortho intramolecular Hbond substituents is 1. The number of hydrogen-bond acceptors (Lipinski definition) is 6. The van der Waals surface area contributed by atoms with Gasteiger partial charge in [0.2, 0.25) is 0 Å². The fraction of sp³-hybridized carbons (Fsp3) is 0.350. The molecule has 0 saturated carbocycles. The van der Waals surface area contributed by atoms with Gasteiger partial charge in [0.05, 0.1) is 23.4 Å². The lowest BCUT2D eigenvalue weighted by Gasteiger charge is -2.27. The van der Waals surface area contributed by atoms with Gasteiger partial charge < -0.3 is 20.7 Å². The van der Waals surface area contributed by atoms with Gasteiger partial charge in [-0.1, -0.05) is 19.1 Å². The lowest BCUT2D eigenvalue weighted by atomic mass is 9.84. The first-order chi connectivity index (χ1) is 13.1. The normalized spacial score (nSPS) is 16.3. The summed E-state index contributed by atoms with van der Waals surface area (Å²) in [5, 5.41) is 21.7. The highest BCUT2D eigenvalue weighted by Crippen LogP contribution is 2.32. The monoisotopic (exact) mass is 364 g/mol. The summed E-state index contributed by atoms with van der Waals surface area (Å²) in [5.41, 5.74) is 9.03. The molecule has 0 aliphatic carbocycles. The second kappa shape index (κ2) is 7.36. The van der Waals surface area contributed by atoms with Crippen LogP contribution in [-0.2, 0) is 0 Å². The minimum Gasteiger partial charge on any atom is -0.507 e. The van der Waals surface area contributed by atoms with Crippen molar-refractivity contribution in [3.63, 3.8) is 0 Å². The molecule has 1 aliphatic rings. The van der Waals surface area contributed by atoms with Crippen molar-refractivity contribution in [2.45, 2.75) is 25.7 Å². The fourth-order valence-electron chi connectivity index (χ4n) is 3.71. The van der Waals surface area contributed by atoms with Gasteiger partial charge in [0.25, 0.3) is 0 Å². The van der Waals surface area contributed by atoms with Crippen molar-refractivity contribution in [2.24, 2.45) is 5.92 Å². The summed E-state index contributed by atoms with van der Waals surface area (Å²) in [5.74, 6) is 1.52. The maximum Gasteiger partial charge on any atom is 0.170 e. The number of nitrogens with zero attached hydrogens (tertiary/aromatic N) is 4. The number of anilines is 1. The highest BCUT2D eigenvalue weighted by atomic mass is 16.3. The molecule has 3 heterocycles. The first-order valence-electron chi connectivity index (χ1n) is 9.30. The molecular formula is C20H24N6O. The zero-order chi connectivity index (χ0) is 18.8. The molecule has 2 aromatic heterocycles. The predicted octanol–water partition coefficient (Wildman–Crippen LogP) is 2.72. The van der Waals surface area contributed by atoms with Crippen LogP contribution in [0.25, 0.3) is 16.9 Å². The van der Waals surface area contributed by atoms with Crippen LogP contribution in [0.1, 0.15) is 31.4 Å². The molecule has 140 valence electrons. The zero-order valence-corrected chi connectivity index (χ0v) is 15.3. The topological polar surface area (TPSA) is 102 Å². The molecule has 4 rings (SSSR count). The lowest BCUT2D eigenvalue weighted by molar-refractivity contribution is 0.327. The van der Waals surface area contributed by atoms with Crippen LogP contribution in [0.15, 0.2) is 42.9 Å². The Morgan fingerprint density at radius 1 is 1.22 bits per heavy atom. The van der Waals surface area contributed by atoms with Gasteiger partial charge in [-0.25, -0.2) is 4.98 Å². The largest absolute Gasteiger partial charge is 0.507 e. The van der Waals surface area contributed by atoms with Crippen molar-refractivity contribution in [1.82, 2.24) is 25.1 Å². The summed E-state index contributed by atoms with van der Waals surface area (Å²) in [6.07, 6.45) is 6.14. The van der Waals surface area contributed by atoms with Crippen molar-refractivity contribution >= 4 is 5.82 Å².